The Morgan fingerprint density at radius 2 is 1.91 bits per heavy atom. The number of anilines is 1. The van der Waals surface area contributed by atoms with Crippen molar-refractivity contribution >= 4 is 17.4 Å². The van der Waals surface area contributed by atoms with Crippen LogP contribution in [0, 0.1) is 16.7 Å². The third kappa shape index (κ3) is 2.81. The van der Waals surface area contributed by atoms with Crippen LogP contribution in [0.25, 0.3) is 0 Å². The molecule has 1 saturated heterocycles. The summed E-state index contributed by atoms with van der Waals surface area (Å²) >= 11 is 0. The average Bonchev–Trinajstić information content (AvgIpc) is 2.97. The van der Waals surface area contributed by atoms with Crippen molar-refractivity contribution in [3.05, 3.63) is 52.6 Å². The van der Waals surface area contributed by atoms with Gasteiger partial charge in [-0.25, -0.2) is 0 Å². The van der Waals surface area contributed by atoms with Crippen LogP contribution >= 0.6 is 0 Å². The first kappa shape index (κ1) is 20.7. The molecule has 1 atom stereocenters. The minimum atomic E-state index is -1.55. The molecular weight excluding hydrogens is 408 g/mol. The van der Waals surface area contributed by atoms with Gasteiger partial charge < -0.3 is 20.1 Å². The van der Waals surface area contributed by atoms with E-state index in [0.717, 1.165) is 13.1 Å². The summed E-state index contributed by atoms with van der Waals surface area (Å²) in [5.74, 6) is -0.159. The normalized spacial score (nSPS) is 27.3. The van der Waals surface area contributed by atoms with Gasteiger partial charge in [-0.2, -0.15) is 5.26 Å². The van der Waals surface area contributed by atoms with Gasteiger partial charge in [0.25, 0.3) is 5.91 Å². The molecule has 3 heterocycles. The summed E-state index contributed by atoms with van der Waals surface area (Å²) in [5, 5.41) is 10.1. The number of fused-ring (bicyclic) bond motifs is 3. The maximum absolute atomic E-state index is 14.3. The van der Waals surface area contributed by atoms with Crippen molar-refractivity contribution in [3.63, 3.8) is 0 Å². The first-order valence-corrected chi connectivity index (χ1v) is 11.0. The predicted molar refractivity (Wildman–Crippen MR) is 115 cm³/mol. The van der Waals surface area contributed by atoms with Gasteiger partial charge in [-0.05, 0) is 11.5 Å². The number of ether oxygens (including phenoxy) is 2. The van der Waals surface area contributed by atoms with Crippen LogP contribution in [0.1, 0.15) is 32.3 Å². The molecule has 3 N–H and O–H groups in total. The molecule has 8 heteroatoms. The molecule has 0 bridgehead atoms. The third-order valence-corrected chi connectivity index (χ3v) is 6.92. The number of Topliss-reactive ketones (excluding diaryl/α,β-unsaturated/α-hetero) is 1. The first-order valence-electron chi connectivity index (χ1n) is 11.0. The van der Waals surface area contributed by atoms with Crippen LogP contribution in [-0.2, 0) is 24.5 Å². The zero-order valence-electron chi connectivity index (χ0n) is 18.4. The van der Waals surface area contributed by atoms with Crippen molar-refractivity contribution in [2.75, 3.05) is 37.9 Å². The molecule has 166 valence electrons. The van der Waals surface area contributed by atoms with Crippen LogP contribution < -0.4 is 15.5 Å². The molecule has 8 nitrogen and oxygen atoms in total. The number of nitrogens with two attached hydrogens (primary N) is 1. The maximum Gasteiger partial charge on any atom is 0.252 e. The van der Waals surface area contributed by atoms with E-state index < -0.39 is 5.41 Å². The molecular formula is C24H27N4O4+. The number of carbonyl (C=O) groups excluding carboxylic acids is 2. The number of hydrogen-bond acceptors (Lipinski definition) is 6. The van der Waals surface area contributed by atoms with Gasteiger partial charge in [-0.1, -0.05) is 32.0 Å². The van der Waals surface area contributed by atoms with E-state index in [2.05, 4.69) is 6.07 Å². The number of nitrogens with one attached hydrogen (secondary N) is 1. The Labute approximate surface area is 186 Å². The van der Waals surface area contributed by atoms with Crippen LogP contribution in [0.3, 0.4) is 0 Å². The molecule has 1 spiro atoms. The largest absolute Gasteiger partial charge is 0.444 e. The number of amides is 1. The Morgan fingerprint density at radius 3 is 2.62 bits per heavy atom. The fourth-order valence-electron chi connectivity index (χ4n) is 5.54. The predicted octanol–water partition coefficient (Wildman–Crippen LogP) is 0.511. The Bertz CT molecular complexity index is 1120. The zero-order valence-corrected chi connectivity index (χ0v) is 18.4. The average molecular weight is 436 g/mol. The van der Waals surface area contributed by atoms with Crippen molar-refractivity contribution in [3.8, 4) is 6.07 Å². The molecule has 0 radical (unpaired) electrons. The summed E-state index contributed by atoms with van der Waals surface area (Å²) in [4.78, 5) is 30.7. The van der Waals surface area contributed by atoms with Gasteiger partial charge in [0.2, 0.25) is 5.88 Å². The summed E-state index contributed by atoms with van der Waals surface area (Å²) in [7, 11) is 0. The maximum atomic E-state index is 14.3. The van der Waals surface area contributed by atoms with Crippen LogP contribution in [-0.4, -0.2) is 44.7 Å². The molecule has 1 fully saturated rings. The van der Waals surface area contributed by atoms with E-state index in [1.807, 2.05) is 38.1 Å². The number of quaternary nitrogens is 1. The molecule has 4 aliphatic rings. The topological polar surface area (TPSA) is 110 Å². The number of allylic oxidation sites excluding steroid dienone is 1. The fourth-order valence-corrected chi connectivity index (χ4v) is 5.54. The zero-order chi connectivity index (χ0) is 22.7. The highest BCUT2D eigenvalue weighted by Gasteiger charge is 2.63. The third-order valence-electron chi connectivity index (χ3n) is 6.92. The van der Waals surface area contributed by atoms with E-state index in [1.54, 1.807) is 4.90 Å². The van der Waals surface area contributed by atoms with Gasteiger partial charge in [0, 0.05) is 18.4 Å². The number of nitrogens with zero attached hydrogens (tertiary/aromatic N) is 2. The molecule has 32 heavy (non-hydrogen) atoms. The molecule has 5 rings (SSSR count). The number of para-hydroxylation sites is 1. The molecule has 1 aromatic rings. The second-order valence-corrected chi connectivity index (χ2v) is 9.71. The van der Waals surface area contributed by atoms with Gasteiger partial charge in [0.15, 0.2) is 12.5 Å². The standard InChI is InChI=1S/C24H26N4O4/c1-23(2)11-18(29)20-19(12-23)32-21(26)16(13-25)24(20)15-5-3-4-6-17(15)28(22(24)30)14-27-7-9-31-10-8-27/h3-6H,7-12,14,26H2,1-2H3/p+1/t24-/m1/s1. The summed E-state index contributed by atoms with van der Waals surface area (Å²) in [5.41, 5.74) is 5.97. The number of benzene rings is 1. The number of morpholine rings is 1. The second kappa shape index (κ2) is 7.19. The van der Waals surface area contributed by atoms with Crippen LogP contribution in [0.2, 0.25) is 0 Å². The lowest BCUT2D eigenvalue weighted by Gasteiger charge is -2.41. The van der Waals surface area contributed by atoms with Gasteiger partial charge in [0.1, 0.15) is 35.9 Å². The summed E-state index contributed by atoms with van der Waals surface area (Å²) in [6.07, 6.45) is 0.749. The highest BCUT2D eigenvalue weighted by atomic mass is 16.5. The van der Waals surface area contributed by atoms with Crippen LogP contribution in [0.4, 0.5) is 5.69 Å². The minimum absolute atomic E-state index is 0.00114. The lowest BCUT2D eigenvalue weighted by Crippen LogP contribution is -3.15. The quantitative estimate of drug-likeness (QED) is 0.701. The number of carbonyl (C=O) groups is 2. The van der Waals surface area contributed by atoms with Gasteiger partial charge in [-0.15, -0.1) is 0 Å². The van der Waals surface area contributed by atoms with Gasteiger partial charge in [-0.3, -0.25) is 14.5 Å². The molecule has 3 aliphatic heterocycles. The van der Waals surface area contributed by atoms with E-state index in [0.29, 0.717) is 43.3 Å². The molecule has 1 aliphatic carbocycles. The number of rotatable bonds is 2. The minimum Gasteiger partial charge on any atom is -0.444 e. The number of nitriles is 1. The van der Waals surface area contributed by atoms with Crippen molar-refractivity contribution < 1.29 is 24.0 Å². The number of hydrogen-bond donors (Lipinski definition) is 2. The van der Waals surface area contributed by atoms with E-state index in [9.17, 15) is 14.9 Å². The molecule has 0 unspecified atom stereocenters. The Hall–Kier alpha value is -3.15. The Balaban J connectivity index is 1.72. The summed E-state index contributed by atoms with van der Waals surface area (Å²) < 4.78 is 11.3. The first-order chi connectivity index (χ1) is 15.3. The Morgan fingerprint density at radius 1 is 1.19 bits per heavy atom. The summed E-state index contributed by atoms with van der Waals surface area (Å²) in [6.45, 7) is 7.25. The fraction of sp³-hybridized carbons (Fsp3) is 0.458. The lowest BCUT2D eigenvalue weighted by atomic mass is 9.62. The number of ketones is 1. The van der Waals surface area contributed by atoms with Crippen molar-refractivity contribution in [2.45, 2.75) is 32.1 Å². The summed E-state index contributed by atoms with van der Waals surface area (Å²) in [6, 6.07) is 9.53. The lowest BCUT2D eigenvalue weighted by molar-refractivity contribution is -0.906. The van der Waals surface area contributed by atoms with E-state index in [-0.39, 0.29) is 40.6 Å². The van der Waals surface area contributed by atoms with Crippen LogP contribution in [0.15, 0.2) is 47.1 Å². The highest BCUT2D eigenvalue weighted by Crippen LogP contribution is 2.57. The SMILES string of the molecule is CC1(C)CC(=O)C2=C(C1)OC(N)=C(C#N)[C@@]21C(=O)N(C[NH+]2CCOCC2)c2ccccc21. The smallest absolute Gasteiger partial charge is 0.252 e. The molecule has 1 aromatic carbocycles. The van der Waals surface area contributed by atoms with Gasteiger partial charge >= 0.3 is 0 Å². The monoisotopic (exact) mass is 435 g/mol. The van der Waals surface area contributed by atoms with E-state index in [4.69, 9.17) is 15.2 Å². The molecule has 1 amide bonds. The molecule has 0 aromatic heterocycles. The van der Waals surface area contributed by atoms with E-state index in [1.165, 1.54) is 4.90 Å². The van der Waals surface area contributed by atoms with Crippen LogP contribution in [0.5, 0.6) is 0 Å². The van der Waals surface area contributed by atoms with Gasteiger partial charge in [0.05, 0.1) is 24.5 Å². The molecule has 0 saturated carbocycles. The van der Waals surface area contributed by atoms with Crippen molar-refractivity contribution in [1.82, 2.24) is 0 Å². The van der Waals surface area contributed by atoms with Crippen molar-refractivity contribution in [2.24, 2.45) is 11.1 Å². The Kier molecular flexibility index (Phi) is 4.66. The van der Waals surface area contributed by atoms with E-state index >= 15 is 0 Å². The highest BCUT2D eigenvalue weighted by molar-refractivity contribution is 6.20. The second-order valence-electron chi connectivity index (χ2n) is 9.71. The van der Waals surface area contributed by atoms with Crippen molar-refractivity contribution in [1.29, 1.82) is 5.26 Å².